The van der Waals surface area contributed by atoms with Gasteiger partial charge in [-0.05, 0) is 49.1 Å². The first kappa shape index (κ1) is 17.3. The zero-order chi connectivity index (χ0) is 17.9. The van der Waals surface area contributed by atoms with E-state index in [9.17, 15) is 4.79 Å². The van der Waals surface area contributed by atoms with Crippen LogP contribution in [0.15, 0.2) is 29.5 Å². The molecule has 0 saturated heterocycles. The predicted molar refractivity (Wildman–Crippen MR) is 97.5 cm³/mol. The number of pyridine rings is 1. The van der Waals surface area contributed by atoms with E-state index in [2.05, 4.69) is 46.5 Å². The largest absolute Gasteiger partial charge is 0.292 e. The van der Waals surface area contributed by atoms with Gasteiger partial charge in [0, 0.05) is 17.5 Å². The molecule has 1 aliphatic carbocycles. The zero-order valence-electron chi connectivity index (χ0n) is 15.0. The Balaban J connectivity index is 1.67. The molecule has 2 aromatic rings. The molecule has 1 amide bonds. The summed E-state index contributed by atoms with van der Waals surface area (Å²) < 4.78 is 0. The fourth-order valence-corrected chi connectivity index (χ4v) is 3.46. The molecule has 2 N–H and O–H groups in total. The molecule has 1 unspecified atom stereocenters. The van der Waals surface area contributed by atoms with Gasteiger partial charge in [-0.25, -0.2) is 5.43 Å². The van der Waals surface area contributed by atoms with Crippen LogP contribution in [0, 0.1) is 11.3 Å². The van der Waals surface area contributed by atoms with Gasteiger partial charge < -0.3 is 0 Å². The van der Waals surface area contributed by atoms with Crippen LogP contribution in [0.25, 0.3) is 0 Å². The molecule has 1 atom stereocenters. The summed E-state index contributed by atoms with van der Waals surface area (Å²) in [5.41, 5.74) is 6.14. The van der Waals surface area contributed by atoms with Gasteiger partial charge in [-0.15, -0.1) is 0 Å². The Morgan fingerprint density at radius 2 is 2.28 bits per heavy atom. The minimum absolute atomic E-state index is 0.277. The minimum Gasteiger partial charge on any atom is -0.281 e. The highest BCUT2D eigenvalue weighted by molar-refractivity contribution is 5.94. The van der Waals surface area contributed by atoms with Crippen molar-refractivity contribution in [3.8, 4) is 0 Å². The summed E-state index contributed by atoms with van der Waals surface area (Å²) in [7, 11) is 0. The van der Waals surface area contributed by atoms with E-state index in [-0.39, 0.29) is 5.91 Å². The maximum absolute atomic E-state index is 12.4. The number of fused-ring (bicyclic) bond motifs is 1. The number of carbonyl (C=O) groups excluding carboxylic acids is 1. The lowest BCUT2D eigenvalue weighted by Gasteiger charge is -2.28. The number of H-pyrrole nitrogens is 1. The smallest absolute Gasteiger partial charge is 0.281 e. The molecule has 0 bridgehead atoms. The van der Waals surface area contributed by atoms with E-state index < -0.39 is 0 Å². The van der Waals surface area contributed by atoms with Crippen LogP contribution >= 0.6 is 0 Å². The molecule has 0 fully saturated rings. The Bertz CT molecular complexity index is 758. The van der Waals surface area contributed by atoms with Gasteiger partial charge in [0.05, 0.1) is 11.9 Å². The summed E-state index contributed by atoms with van der Waals surface area (Å²) in [5.74, 6) is 0.315. The highest BCUT2D eigenvalue weighted by Crippen LogP contribution is 2.34. The van der Waals surface area contributed by atoms with Crippen molar-refractivity contribution < 1.29 is 4.79 Å². The monoisotopic (exact) mass is 339 g/mol. The standard InChI is InChI=1S/C19H25N5O/c1-19(2,3)11-13-7-8-16-15(10-13)17(23-22-16)18(25)24-21-12-14-6-4-5-9-20-14/h4-6,9,12-13H,7-8,10-11H2,1-3H3,(H,22,23)(H,24,25). The minimum atomic E-state index is -0.277. The molecule has 3 rings (SSSR count). The third kappa shape index (κ3) is 4.53. The molecule has 25 heavy (non-hydrogen) atoms. The van der Waals surface area contributed by atoms with Gasteiger partial charge in [0.25, 0.3) is 5.91 Å². The molecule has 0 spiro atoms. The number of aryl methyl sites for hydroxylation is 1. The molecule has 6 heteroatoms. The van der Waals surface area contributed by atoms with E-state index in [1.807, 2.05) is 18.2 Å². The molecule has 2 heterocycles. The van der Waals surface area contributed by atoms with Crippen molar-refractivity contribution in [1.82, 2.24) is 20.6 Å². The Morgan fingerprint density at radius 1 is 1.44 bits per heavy atom. The number of amides is 1. The number of hydrazone groups is 1. The number of nitrogens with one attached hydrogen (secondary N) is 2. The molecule has 2 aromatic heterocycles. The SMILES string of the molecule is CC(C)(C)CC1CCc2[nH]nc(C(=O)NN=Cc3ccccn3)c2C1. The van der Waals surface area contributed by atoms with E-state index in [1.54, 1.807) is 6.20 Å². The van der Waals surface area contributed by atoms with E-state index in [1.165, 1.54) is 6.21 Å². The van der Waals surface area contributed by atoms with Crippen molar-refractivity contribution in [3.63, 3.8) is 0 Å². The van der Waals surface area contributed by atoms with E-state index in [4.69, 9.17) is 0 Å². The van der Waals surface area contributed by atoms with Gasteiger partial charge in [-0.2, -0.15) is 10.2 Å². The quantitative estimate of drug-likeness (QED) is 0.663. The Morgan fingerprint density at radius 3 is 3.00 bits per heavy atom. The third-order valence-electron chi connectivity index (χ3n) is 4.41. The maximum atomic E-state index is 12.4. The number of aromatic amines is 1. The first-order valence-electron chi connectivity index (χ1n) is 8.73. The summed E-state index contributed by atoms with van der Waals surface area (Å²) in [5, 5.41) is 11.2. The van der Waals surface area contributed by atoms with Gasteiger partial charge in [-0.1, -0.05) is 26.8 Å². The van der Waals surface area contributed by atoms with Crippen LogP contribution in [-0.4, -0.2) is 27.3 Å². The summed E-state index contributed by atoms with van der Waals surface area (Å²) in [6.07, 6.45) is 7.35. The lowest BCUT2D eigenvalue weighted by Crippen LogP contribution is -2.24. The second-order valence-electron chi connectivity index (χ2n) is 7.86. The third-order valence-corrected chi connectivity index (χ3v) is 4.41. The van der Waals surface area contributed by atoms with Crippen molar-refractivity contribution in [2.75, 3.05) is 0 Å². The topological polar surface area (TPSA) is 83.0 Å². The van der Waals surface area contributed by atoms with Crippen molar-refractivity contribution in [2.45, 2.75) is 46.5 Å². The van der Waals surface area contributed by atoms with Crippen LogP contribution in [0.3, 0.4) is 0 Å². The summed E-state index contributed by atoms with van der Waals surface area (Å²) in [6, 6.07) is 5.53. The predicted octanol–water partition coefficient (Wildman–Crippen LogP) is 3.11. The van der Waals surface area contributed by atoms with Crippen molar-refractivity contribution in [3.05, 3.63) is 47.0 Å². The van der Waals surface area contributed by atoms with Gasteiger partial charge in [0.15, 0.2) is 5.69 Å². The van der Waals surface area contributed by atoms with Crippen LogP contribution in [0.4, 0.5) is 0 Å². The first-order valence-corrected chi connectivity index (χ1v) is 8.73. The van der Waals surface area contributed by atoms with Crippen molar-refractivity contribution >= 4 is 12.1 Å². The highest BCUT2D eigenvalue weighted by atomic mass is 16.2. The lowest BCUT2D eigenvalue weighted by molar-refractivity contribution is 0.0948. The Kier molecular flexibility index (Phi) is 4.97. The van der Waals surface area contributed by atoms with Gasteiger partial charge in [-0.3, -0.25) is 14.9 Å². The maximum Gasteiger partial charge on any atom is 0.292 e. The summed E-state index contributed by atoms with van der Waals surface area (Å²) >= 11 is 0. The van der Waals surface area contributed by atoms with Gasteiger partial charge in [0.2, 0.25) is 0 Å². The van der Waals surface area contributed by atoms with Crippen molar-refractivity contribution in [2.24, 2.45) is 16.4 Å². The fraction of sp³-hybridized carbons (Fsp3) is 0.474. The second kappa shape index (κ2) is 7.17. The average Bonchev–Trinajstić information content (AvgIpc) is 2.97. The summed E-state index contributed by atoms with van der Waals surface area (Å²) in [4.78, 5) is 16.6. The molecule has 0 aromatic carbocycles. The molecule has 0 saturated carbocycles. The Hall–Kier alpha value is -2.50. The molecule has 0 radical (unpaired) electrons. The number of hydrogen-bond acceptors (Lipinski definition) is 4. The van der Waals surface area contributed by atoms with Crippen LogP contribution in [0.1, 0.15) is 61.1 Å². The number of aromatic nitrogens is 3. The lowest BCUT2D eigenvalue weighted by atomic mass is 9.76. The van der Waals surface area contributed by atoms with Crippen molar-refractivity contribution in [1.29, 1.82) is 0 Å². The van der Waals surface area contributed by atoms with Crippen LogP contribution in [-0.2, 0) is 12.8 Å². The molecule has 132 valence electrons. The summed E-state index contributed by atoms with van der Waals surface area (Å²) in [6.45, 7) is 6.79. The average molecular weight is 339 g/mol. The normalized spacial score (nSPS) is 17.5. The second-order valence-corrected chi connectivity index (χ2v) is 7.86. The van der Waals surface area contributed by atoms with Crippen LogP contribution in [0.2, 0.25) is 0 Å². The van der Waals surface area contributed by atoms with Gasteiger partial charge in [0.1, 0.15) is 0 Å². The molecule has 0 aliphatic heterocycles. The molecular formula is C19H25N5O. The first-order chi connectivity index (χ1) is 11.9. The van der Waals surface area contributed by atoms with E-state index >= 15 is 0 Å². The van der Waals surface area contributed by atoms with Crippen LogP contribution in [0.5, 0.6) is 0 Å². The molecule has 1 aliphatic rings. The van der Waals surface area contributed by atoms with Gasteiger partial charge >= 0.3 is 0 Å². The fourth-order valence-electron chi connectivity index (χ4n) is 3.46. The number of carbonyl (C=O) groups is 1. The molecular weight excluding hydrogens is 314 g/mol. The highest BCUT2D eigenvalue weighted by Gasteiger charge is 2.28. The number of rotatable bonds is 4. The van der Waals surface area contributed by atoms with E-state index in [0.717, 1.165) is 36.9 Å². The number of hydrogen-bond donors (Lipinski definition) is 2. The zero-order valence-corrected chi connectivity index (χ0v) is 15.0. The van der Waals surface area contributed by atoms with Crippen LogP contribution < -0.4 is 5.43 Å². The number of nitrogens with zero attached hydrogens (tertiary/aromatic N) is 3. The Labute approximate surface area is 148 Å². The van der Waals surface area contributed by atoms with E-state index in [0.29, 0.717) is 22.7 Å². The molecule has 6 nitrogen and oxygen atoms in total.